The summed E-state index contributed by atoms with van der Waals surface area (Å²) in [5.41, 5.74) is 0.0897. The second-order valence-corrected chi connectivity index (χ2v) is 2.97. The van der Waals surface area contributed by atoms with Gasteiger partial charge in [-0.3, -0.25) is 0 Å². The molecular weight excluding hydrogens is 211 g/mol. The Labute approximate surface area is 82.0 Å². The molecule has 80 valence electrons. The standard InChI is InChI=1S/C8H6F3N3O/c9-8(10,11)7(15)5-3-12-6-1-2-13-14(6)4-5/h1-4,7,15H. The van der Waals surface area contributed by atoms with E-state index in [1.807, 2.05) is 0 Å². The third-order valence-corrected chi connectivity index (χ3v) is 1.89. The van der Waals surface area contributed by atoms with E-state index in [0.717, 1.165) is 12.4 Å². The maximum atomic E-state index is 12.2. The molecule has 0 aliphatic rings. The third-order valence-electron chi connectivity index (χ3n) is 1.89. The molecule has 0 fully saturated rings. The van der Waals surface area contributed by atoms with Crippen LogP contribution in [0.5, 0.6) is 0 Å². The van der Waals surface area contributed by atoms with Gasteiger partial charge in [0.15, 0.2) is 11.8 Å². The van der Waals surface area contributed by atoms with Crippen molar-refractivity contribution >= 4 is 5.65 Å². The van der Waals surface area contributed by atoms with Crippen molar-refractivity contribution in [3.8, 4) is 0 Å². The van der Waals surface area contributed by atoms with E-state index in [4.69, 9.17) is 5.11 Å². The number of aliphatic hydroxyl groups excluding tert-OH is 1. The van der Waals surface area contributed by atoms with Gasteiger partial charge in [-0.05, 0) is 0 Å². The lowest BCUT2D eigenvalue weighted by Gasteiger charge is -2.13. The molecule has 15 heavy (non-hydrogen) atoms. The van der Waals surface area contributed by atoms with Gasteiger partial charge in [0, 0.05) is 24.0 Å². The zero-order valence-corrected chi connectivity index (χ0v) is 7.31. The van der Waals surface area contributed by atoms with Crippen LogP contribution < -0.4 is 0 Å². The lowest BCUT2D eigenvalue weighted by atomic mass is 10.2. The number of hydrogen-bond acceptors (Lipinski definition) is 3. The predicted octanol–water partition coefficient (Wildman–Crippen LogP) is 1.32. The van der Waals surface area contributed by atoms with Crippen LogP contribution in [0.25, 0.3) is 5.65 Å². The molecule has 2 aromatic heterocycles. The molecule has 0 bridgehead atoms. The van der Waals surface area contributed by atoms with E-state index in [-0.39, 0.29) is 5.56 Å². The molecule has 0 aliphatic heterocycles. The number of nitrogens with zero attached hydrogens (tertiary/aromatic N) is 3. The van der Waals surface area contributed by atoms with Crippen LogP contribution in [0.4, 0.5) is 13.2 Å². The maximum Gasteiger partial charge on any atom is 0.418 e. The van der Waals surface area contributed by atoms with Crippen LogP contribution in [0.3, 0.4) is 0 Å². The maximum absolute atomic E-state index is 12.2. The summed E-state index contributed by atoms with van der Waals surface area (Å²) in [5.74, 6) is 0. The van der Waals surface area contributed by atoms with Crippen molar-refractivity contribution in [1.29, 1.82) is 0 Å². The second kappa shape index (κ2) is 3.20. The number of rotatable bonds is 1. The zero-order chi connectivity index (χ0) is 11.1. The van der Waals surface area contributed by atoms with Crippen molar-refractivity contribution in [3.63, 3.8) is 0 Å². The molecule has 0 aromatic carbocycles. The molecule has 0 spiro atoms. The normalized spacial score (nSPS) is 14.4. The Morgan fingerprint density at radius 2 is 2.13 bits per heavy atom. The largest absolute Gasteiger partial charge is 0.418 e. The van der Waals surface area contributed by atoms with Gasteiger partial charge in [0.2, 0.25) is 0 Å². The van der Waals surface area contributed by atoms with E-state index in [1.54, 1.807) is 6.07 Å². The number of alkyl halides is 3. The Morgan fingerprint density at radius 3 is 2.80 bits per heavy atom. The van der Waals surface area contributed by atoms with Gasteiger partial charge in [-0.25, -0.2) is 9.50 Å². The molecule has 7 heteroatoms. The van der Waals surface area contributed by atoms with Gasteiger partial charge in [-0.15, -0.1) is 0 Å². The zero-order valence-electron chi connectivity index (χ0n) is 7.31. The van der Waals surface area contributed by atoms with Gasteiger partial charge in [0.1, 0.15) is 0 Å². The molecule has 2 aromatic rings. The minimum Gasteiger partial charge on any atom is -0.379 e. The number of aliphatic hydroxyl groups is 1. The van der Waals surface area contributed by atoms with Crippen molar-refractivity contribution in [2.24, 2.45) is 0 Å². The summed E-state index contributed by atoms with van der Waals surface area (Å²) >= 11 is 0. The molecule has 1 N–H and O–H groups in total. The minimum atomic E-state index is -4.69. The molecule has 1 unspecified atom stereocenters. The monoisotopic (exact) mass is 217 g/mol. The lowest BCUT2D eigenvalue weighted by Crippen LogP contribution is -2.20. The minimum absolute atomic E-state index is 0.335. The van der Waals surface area contributed by atoms with Crippen LogP contribution in [0.2, 0.25) is 0 Å². The van der Waals surface area contributed by atoms with Crippen LogP contribution in [0.1, 0.15) is 11.7 Å². The third kappa shape index (κ3) is 1.78. The van der Waals surface area contributed by atoms with E-state index in [1.165, 1.54) is 10.7 Å². The Kier molecular flexibility index (Phi) is 2.11. The summed E-state index contributed by atoms with van der Waals surface area (Å²) in [6.07, 6.45) is -3.73. The highest BCUT2D eigenvalue weighted by atomic mass is 19.4. The SMILES string of the molecule is OC(c1cnc2ccnn2c1)C(F)(F)F. The highest BCUT2D eigenvalue weighted by Crippen LogP contribution is 2.31. The molecule has 0 radical (unpaired) electrons. The summed E-state index contributed by atoms with van der Waals surface area (Å²) < 4.78 is 37.6. The van der Waals surface area contributed by atoms with E-state index in [0.29, 0.717) is 5.65 Å². The number of halogens is 3. The Balaban J connectivity index is 2.44. The Hall–Kier alpha value is -1.63. The Bertz CT molecular complexity index is 479. The summed E-state index contributed by atoms with van der Waals surface area (Å²) in [4.78, 5) is 3.72. The molecule has 4 nitrogen and oxygen atoms in total. The number of fused-ring (bicyclic) bond motifs is 1. The lowest BCUT2D eigenvalue weighted by molar-refractivity contribution is -0.207. The topological polar surface area (TPSA) is 50.4 Å². The fourth-order valence-corrected chi connectivity index (χ4v) is 1.15. The molecular formula is C8H6F3N3O. The quantitative estimate of drug-likeness (QED) is 0.783. The summed E-state index contributed by atoms with van der Waals surface area (Å²) in [5, 5.41) is 12.7. The first-order valence-electron chi connectivity index (χ1n) is 4.02. The van der Waals surface area contributed by atoms with Gasteiger partial charge in [-0.2, -0.15) is 18.3 Å². The fourth-order valence-electron chi connectivity index (χ4n) is 1.15. The average Bonchev–Trinajstić information content (AvgIpc) is 2.61. The van der Waals surface area contributed by atoms with E-state index in [9.17, 15) is 13.2 Å². The van der Waals surface area contributed by atoms with Crippen LogP contribution in [0.15, 0.2) is 24.7 Å². The van der Waals surface area contributed by atoms with E-state index >= 15 is 0 Å². The van der Waals surface area contributed by atoms with Crippen molar-refractivity contribution in [3.05, 3.63) is 30.2 Å². The van der Waals surface area contributed by atoms with Crippen LogP contribution in [-0.4, -0.2) is 25.9 Å². The number of hydrogen-bond donors (Lipinski definition) is 1. The molecule has 2 heterocycles. The van der Waals surface area contributed by atoms with E-state index < -0.39 is 12.3 Å². The Morgan fingerprint density at radius 1 is 1.40 bits per heavy atom. The summed E-state index contributed by atoms with van der Waals surface area (Å²) in [6.45, 7) is 0. The van der Waals surface area contributed by atoms with Gasteiger partial charge < -0.3 is 5.11 Å². The molecule has 0 saturated heterocycles. The second-order valence-electron chi connectivity index (χ2n) is 2.97. The van der Waals surface area contributed by atoms with Gasteiger partial charge >= 0.3 is 6.18 Å². The molecule has 0 aliphatic carbocycles. The van der Waals surface area contributed by atoms with Crippen molar-refractivity contribution in [2.45, 2.75) is 12.3 Å². The van der Waals surface area contributed by atoms with Gasteiger partial charge in [0.25, 0.3) is 0 Å². The van der Waals surface area contributed by atoms with Crippen LogP contribution in [0, 0.1) is 0 Å². The van der Waals surface area contributed by atoms with Gasteiger partial charge in [-0.1, -0.05) is 0 Å². The highest BCUT2D eigenvalue weighted by Gasteiger charge is 2.39. The fraction of sp³-hybridized carbons (Fsp3) is 0.250. The van der Waals surface area contributed by atoms with E-state index in [2.05, 4.69) is 10.1 Å². The average molecular weight is 217 g/mol. The van der Waals surface area contributed by atoms with Crippen molar-refractivity contribution in [2.75, 3.05) is 0 Å². The van der Waals surface area contributed by atoms with Crippen molar-refractivity contribution in [1.82, 2.24) is 14.6 Å². The first-order valence-corrected chi connectivity index (χ1v) is 4.02. The highest BCUT2D eigenvalue weighted by molar-refractivity contribution is 5.36. The molecule has 0 saturated carbocycles. The smallest absolute Gasteiger partial charge is 0.379 e. The van der Waals surface area contributed by atoms with Gasteiger partial charge in [0.05, 0.1) is 6.20 Å². The van der Waals surface area contributed by atoms with Crippen molar-refractivity contribution < 1.29 is 18.3 Å². The van der Waals surface area contributed by atoms with Crippen LogP contribution >= 0.6 is 0 Å². The molecule has 1 atom stereocenters. The molecule has 2 rings (SSSR count). The van der Waals surface area contributed by atoms with Crippen LogP contribution in [-0.2, 0) is 0 Å². The predicted molar refractivity (Wildman–Crippen MR) is 44.0 cm³/mol. The first-order chi connectivity index (χ1) is 6.98. The first kappa shape index (κ1) is 9.91. The molecule has 0 amide bonds. The summed E-state index contributed by atoms with van der Waals surface area (Å²) in [7, 11) is 0. The summed E-state index contributed by atoms with van der Waals surface area (Å²) in [6, 6.07) is 1.55. The number of aromatic nitrogens is 3.